The third-order valence-corrected chi connectivity index (χ3v) is 11.3. The fourth-order valence-electron chi connectivity index (χ4n) is 10.2. The summed E-state index contributed by atoms with van der Waals surface area (Å²) in [5, 5.41) is 21.8. The standard InChI is InChI=1S/C33H48O10/c1-13-16-11-19(26(28(36)37)27(16)31(40)43-33(6,7)8)22(13)25-18-10-15(24(25)23-14(2)29(38)41-30(23)39)9-17(18)20(34)12-21(35)42-32(3,4)5/h13-20,22-27,34H,9-12H2,1-8H3,(H,36,37). The van der Waals surface area contributed by atoms with Crippen molar-refractivity contribution in [1.29, 1.82) is 0 Å². The third-order valence-electron chi connectivity index (χ3n) is 11.3. The van der Waals surface area contributed by atoms with E-state index in [1.807, 2.05) is 0 Å². The normalized spacial score (nSPS) is 42.7. The molecule has 10 nitrogen and oxygen atoms in total. The van der Waals surface area contributed by atoms with Gasteiger partial charge in [0.25, 0.3) is 0 Å². The summed E-state index contributed by atoms with van der Waals surface area (Å²) in [7, 11) is 0. The number of aliphatic carboxylic acids is 1. The smallest absolute Gasteiger partial charge is 0.317 e. The Morgan fingerprint density at radius 3 is 2.00 bits per heavy atom. The van der Waals surface area contributed by atoms with Crippen LogP contribution < -0.4 is 0 Å². The van der Waals surface area contributed by atoms with Crippen LogP contribution in [-0.2, 0) is 38.2 Å². The largest absolute Gasteiger partial charge is 0.481 e. The zero-order valence-corrected chi connectivity index (χ0v) is 26.6. The molecule has 10 heteroatoms. The predicted molar refractivity (Wildman–Crippen MR) is 152 cm³/mol. The van der Waals surface area contributed by atoms with Gasteiger partial charge < -0.3 is 24.4 Å². The van der Waals surface area contributed by atoms with Gasteiger partial charge in [-0.05, 0) is 114 Å². The van der Waals surface area contributed by atoms with Crippen molar-refractivity contribution in [2.24, 2.45) is 76.9 Å². The van der Waals surface area contributed by atoms with Crippen molar-refractivity contribution in [2.45, 2.75) is 98.4 Å². The average Bonchev–Trinajstić information content (AvgIpc) is 3.62. The number of carboxylic acids is 1. The van der Waals surface area contributed by atoms with E-state index in [-0.39, 0.29) is 59.7 Å². The zero-order valence-electron chi connectivity index (χ0n) is 26.6. The number of carbonyl (C=O) groups is 5. The molecule has 5 rings (SSSR count). The van der Waals surface area contributed by atoms with Crippen molar-refractivity contribution in [3.8, 4) is 0 Å². The van der Waals surface area contributed by atoms with Crippen LogP contribution in [-0.4, -0.2) is 57.4 Å². The molecule has 5 fully saturated rings. The third kappa shape index (κ3) is 5.61. The van der Waals surface area contributed by atoms with Gasteiger partial charge in [-0.2, -0.15) is 0 Å². The second kappa shape index (κ2) is 10.8. The molecule has 0 aromatic heterocycles. The number of ether oxygens (including phenoxy) is 3. The second-order valence-electron chi connectivity index (χ2n) is 16.0. The number of esters is 4. The van der Waals surface area contributed by atoms with Crippen molar-refractivity contribution in [3.63, 3.8) is 0 Å². The van der Waals surface area contributed by atoms with Gasteiger partial charge in [0.15, 0.2) is 0 Å². The lowest BCUT2D eigenvalue weighted by Gasteiger charge is -2.48. The first-order valence-corrected chi connectivity index (χ1v) is 15.9. The highest BCUT2D eigenvalue weighted by Gasteiger charge is 2.69. The maximum Gasteiger partial charge on any atom is 0.317 e. The van der Waals surface area contributed by atoms with Gasteiger partial charge >= 0.3 is 29.8 Å². The van der Waals surface area contributed by atoms with Crippen LogP contribution in [0.1, 0.15) is 81.1 Å². The highest BCUT2D eigenvalue weighted by Crippen LogP contribution is 2.69. The number of carbonyl (C=O) groups excluding carboxylic acids is 4. The first kappa shape index (κ1) is 31.9. The molecule has 0 aromatic rings. The molecule has 240 valence electrons. The minimum Gasteiger partial charge on any atom is -0.481 e. The van der Waals surface area contributed by atoms with Gasteiger partial charge in [0.2, 0.25) is 0 Å². The Morgan fingerprint density at radius 2 is 1.47 bits per heavy atom. The Kier molecular flexibility index (Phi) is 8.05. The van der Waals surface area contributed by atoms with E-state index in [4.69, 9.17) is 14.2 Å². The molecule has 0 amide bonds. The van der Waals surface area contributed by atoms with Crippen LogP contribution in [0.25, 0.3) is 0 Å². The predicted octanol–water partition coefficient (Wildman–Crippen LogP) is 3.86. The summed E-state index contributed by atoms with van der Waals surface area (Å²) >= 11 is 0. The van der Waals surface area contributed by atoms with Gasteiger partial charge in [-0.25, -0.2) is 0 Å². The van der Waals surface area contributed by atoms with Gasteiger partial charge in [-0.3, -0.25) is 24.0 Å². The molecule has 14 atom stereocenters. The van der Waals surface area contributed by atoms with Crippen LogP contribution in [0.5, 0.6) is 0 Å². The molecular formula is C33H48O10. The van der Waals surface area contributed by atoms with E-state index >= 15 is 0 Å². The van der Waals surface area contributed by atoms with Gasteiger partial charge in [0.1, 0.15) is 11.2 Å². The van der Waals surface area contributed by atoms with E-state index in [2.05, 4.69) is 6.92 Å². The van der Waals surface area contributed by atoms with E-state index in [0.717, 1.165) is 6.42 Å². The zero-order chi connectivity index (χ0) is 31.9. The van der Waals surface area contributed by atoms with Crippen LogP contribution in [0.2, 0.25) is 0 Å². The monoisotopic (exact) mass is 604 g/mol. The summed E-state index contributed by atoms with van der Waals surface area (Å²) in [5.74, 6) is -7.24. The van der Waals surface area contributed by atoms with Crippen LogP contribution in [0.4, 0.5) is 0 Å². The first-order chi connectivity index (χ1) is 19.8. The number of carboxylic acid groups (broad SMARTS) is 1. The van der Waals surface area contributed by atoms with Crippen molar-refractivity contribution in [1.82, 2.24) is 0 Å². The topological polar surface area (TPSA) is 154 Å². The summed E-state index contributed by atoms with van der Waals surface area (Å²) in [6, 6.07) is 0. The van der Waals surface area contributed by atoms with Crippen LogP contribution >= 0.6 is 0 Å². The first-order valence-electron chi connectivity index (χ1n) is 15.9. The second-order valence-corrected chi connectivity index (χ2v) is 16.0. The van der Waals surface area contributed by atoms with E-state index in [1.165, 1.54) is 0 Å². The van der Waals surface area contributed by atoms with Crippen molar-refractivity contribution in [2.75, 3.05) is 0 Å². The van der Waals surface area contributed by atoms with Gasteiger partial charge in [0.05, 0.1) is 36.2 Å². The molecule has 43 heavy (non-hydrogen) atoms. The number of rotatable bonds is 7. The average molecular weight is 605 g/mol. The summed E-state index contributed by atoms with van der Waals surface area (Å²) in [5.41, 5.74) is -1.43. The SMILES string of the molecule is CC1C(=O)OC(=O)C1C1C2CC(C(O)CC(=O)OC(C)(C)C)C(C2)C1C1C(C)C2CC1C(C(=O)O)C2C(=O)OC(C)(C)C. The molecule has 0 spiro atoms. The van der Waals surface area contributed by atoms with Crippen LogP contribution in [0.15, 0.2) is 0 Å². The number of fused-ring (bicyclic) bond motifs is 4. The summed E-state index contributed by atoms with van der Waals surface area (Å²) in [4.78, 5) is 64.4. The number of hydrogen-bond acceptors (Lipinski definition) is 9. The molecular weight excluding hydrogens is 556 g/mol. The van der Waals surface area contributed by atoms with Gasteiger partial charge in [0, 0.05) is 0 Å². The Morgan fingerprint density at radius 1 is 0.837 bits per heavy atom. The number of cyclic esters (lactones) is 2. The van der Waals surface area contributed by atoms with E-state index in [1.54, 1.807) is 48.5 Å². The quantitative estimate of drug-likeness (QED) is 0.249. The highest BCUT2D eigenvalue weighted by atomic mass is 16.6. The van der Waals surface area contributed by atoms with Crippen LogP contribution in [0.3, 0.4) is 0 Å². The van der Waals surface area contributed by atoms with E-state index < -0.39 is 70.8 Å². The lowest BCUT2D eigenvalue weighted by molar-refractivity contribution is -0.173. The number of aliphatic hydroxyl groups excluding tert-OH is 1. The Hall–Kier alpha value is -2.49. The molecule has 0 radical (unpaired) electrons. The van der Waals surface area contributed by atoms with Gasteiger partial charge in [-0.15, -0.1) is 0 Å². The molecule has 5 aliphatic rings. The molecule has 1 saturated heterocycles. The summed E-state index contributed by atoms with van der Waals surface area (Å²) in [6.45, 7) is 14.4. The number of aliphatic hydroxyl groups is 1. The molecule has 14 unspecified atom stereocenters. The Balaban J connectivity index is 1.47. The number of hydrogen-bond donors (Lipinski definition) is 2. The van der Waals surface area contributed by atoms with E-state index in [9.17, 15) is 34.2 Å². The highest BCUT2D eigenvalue weighted by molar-refractivity contribution is 5.96. The van der Waals surface area contributed by atoms with E-state index in [0.29, 0.717) is 12.8 Å². The lowest BCUT2D eigenvalue weighted by atomic mass is 9.55. The van der Waals surface area contributed by atoms with Crippen LogP contribution in [0, 0.1) is 76.9 Å². The summed E-state index contributed by atoms with van der Waals surface area (Å²) < 4.78 is 16.3. The Bertz CT molecular complexity index is 1180. The fourth-order valence-corrected chi connectivity index (χ4v) is 10.2. The van der Waals surface area contributed by atoms with Crippen molar-refractivity contribution in [3.05, 3.63) is 0 Å². The lowest BCUT2D eigenvalue weighted by Crippen LogP contribution is -2.50. The minimum atomic E-state index is -1.02. The molecule has 4 saturated carbocycles. The fraction of sp³-hybridized carbons (Fsp3) is 0.848. The molecule has 1 heterocycles. The minimum absolute atomic E-state index is 0.0236. The molecule has 0 aromatic carbocycles. The molecule has 4 aliphatic carbocycles. The Labute approximate surface area is 253 Å². The maximum atomic E-state index is 13.3. The molecule has 1 aliphatic heterocycles. The molecule has 4 bridgehead atoms. The summed E-state index contributed by atoms with van der Waals surface area (Å²) in [6.07, 6.45) is 0.819. The maximum absolute atomic E-state index is 13.3. The van der Waals surface area contributed by atoms with Crippen molar-refractivity contribution < 1.29 is 48.4 Å². The van der Waals surface area contributed by atoms with Gasteiger partial charge in [-0.1, -0.05) is 13.8 Å². The van der Waals surface area contributed by atoms with Crippen molar-refractivity contribution >= 4 is 29.8 Å². The molecule has 2 N–H and O–H groups in total.